The Kier molecular flexibility index (Phi) is 7.34. The van der Waals surface area contributed by atoms with E-state index in [0.717, 1.165) is 6.42 Å². The second-order valence-electron chi connectivity index (χ2n) is 6.50. The maximum atomic E-state index is 12.9. The van der Waals surface area contributed by atoms with Crippen molar-refractivity contribution >= 4 is 21.9 Å². The molecule has 2 N–H and O–H groups in total. The third-order valence-corrected chi connectivity index (χ3v) is 6.53. The number of aliphatic carboxylic acids is 1. The number of benzene rings is 1. The van der Waals surface area contributed by atoms with Crippen LogP contribution in [0.5, 0.6) is 0 Å². The van der Waals surface area contributed by atoms with Crippen molar-refractivity contribution in [3.05, 3.63) is 29.3 Å². The molecule has 0 saturated carbocycles. The molecule has 1 aliphatic heterocycles. The van der Waals surface area contributed by atoms with Crippen LogP contribution in [0.3, 0.4) is 0 Å². The van der Waals surface area contributed by atoms with Gasteiger partial charge in [-0.2, -0.15) is 4.31 Å². The molecule has 2 rings (SSSR count). The first-order valence-electron chi connectivity index (χ1n) is 8.99. The van der Waals surface area contributed by atoms with E-state index in [9.17, 15) is 23.1 Å². The molecule has 1 fully saturated rings. The molecule has 1 aromatic carbocycles. The first-order chi connectivity index (χ1) is 12.8. The van der Waals surface area contributed by atoms with Crippen molar-refractivity contribution in [1.29, 1.82) is 0 Å². The molecule has 0 radical (unpaired) electrons. The van der Waals surface area contributed by atoms with Crippen molar-refractivity contribution in [2.24, 2.45) is 0 Å². The molecular formula is C18H26N2O6S. The molecule has 27 heavy (non-hydrogen) atoms. The fourth-order valence-electron chi connectivity index (χ4n) is 2.85. The third-order valence-electron chi connectivity index (χ3n) is 4.49. The Morgan fingerprint density at radius 2 is 1.96 bits per heavy atom. The molecule has 1 amide bonds. The number of carbonyl (C=O) groups is 2. The number of nitrogens with zero attached hydrogens (tertiary/aromatic N) is 1. The Morgan fingerprint density at radius 3 is 2.56 bits per heavy atom. The van der Waals surface area contributed by atoms with Gasteiger partial charge in [0.05, 0.1) is 18.1 Å². The Hall–Kier alpha value is -1.97. The number of sulfonamides is 1. The van der Waals surface area contributed by atoms with E-state index in [4.69, 9.17) is 4.74 Å². The van der Waals surface area contributed by atoms with Crippen LogP contribution >= 0.6 is 0 Å². The summed E-state index contributed by atoms with van der Waals surface area (Å²) < 4.78 is 32.3. The van der Waals surface area contributed by atoms with Crippen LogP contribution in [0.15, 0.2) is 23.1 Å². The number of hydrogen-bond acceptors (Lipinski definition) is 5. The molecule has 0 bridgehead atoms. The number of ether oxygens (including phenoxy) is 1. The number of aryl methyl sites for hydroxylation is 1. The summed E-state index contributed by atoms with van der Waals surface area (Å²) in [7, 11) is -3.75. The summed E-state index contributed by atoms with van der Waals surface area (Å²) in [6.07, 6.45) is 1.80. The van der Waals surface area contributed by atoms with E-state index in [1.165, 1.54) is 16.4 Å². The van der Waals surface area contributed by atoms with E-state index < -0.39 is 27.9 Å². The quantitative estimate of drug-likeness (QED) is 0.684. The fraction of sp³-hybridized carbons (Fsp3) is 0.556. The highest BCUT2D eigenvalue weighted by molar-refractivity contribution is 7.89. The van der Waals surface area contributed by atoms with E-state index in [1.54, 1.807) is 13.0 Å². The molecule has 150 valence electrons. The predicted molar refractivity (Wildman–Crippen MR) is 99.2 cm³/mol. The zero-order valence-electron chi connectivity index (χ0n) is 15.6. The maximum absolute atomic E-state index is 12.9. The Bertz CT molecular complexity index is 787. The summed E-state index contributed by atoms with van der Waals surface area (Å²) in [6, 6.07) is 3.37. The normalized spacial score (nSPS) is 16.7. The van der Waals surface area contributed by atoms with Crippen LogP contribution in [0.1, 0.15) is 42.1 Å². The van der Waals surface area contributed by atoms with Crippen molar-refractivity contribution in [2.75, 3.05) is 26.3 Å². The van der Waals surface area contributed by atoms with Gasteiger partial charge in [-0.15, -0.1) is 0 Å². The van der Waals surface area contributed by atoms with Gasteiger partial charge in [-0.25, -0.2) is 13.2 Å². The van der Waals surface area contributed by atoms with Gasteiger partial charge < -0.3 is 15.2 Å². The number of carboxylic acids is 1. The van der Waals surface area contributed by atoms with Crippen molar-refractivity contribution in [3.8, 4) is 0 Å². The molecule has 0 aromatic heterocycles. The fourth-order valence-corrected chi connectivity index (χ4v) is 4.51. The molecule has 0 aliphatic carbocycles. The van der Waals surface area contributed by atoms with Crippen LogP contribution in [0.4, 0.5) is 0 Å². The average Bonchev–Trinajstić information content (AvgIpc) is 2.65. The predicted octanol–water partition coefficient (Wildman–Crippen LogP) is 1.39. The third kappa shape index (κ3) is 5.27. The number of rotatable bonds is 8. The van der Waals surface area contributed by atoms with Crippen LogP contribution in [0.2, 0.25) is 0 Å². The minimum absolute atomic E-state index is 0.0532. The molecule has 9 heteroatoms. The summed E-state index contributed by atoms with van der Waals surface area (Å²) in [5.74, 6) is -1.71. The molecule has 1 aliphatic rings. The van der Waals surface area contributed by atoms with Gasteiger partial charge in [-0.3, -0.25) is 4.79 Å². The second kappa shape index (κ2) is 9.29. The number of morpholine rings is 1. The number of nitrogens with one attached hydrogen (secondary N) is 1. The SMILES string of the molecule is CCCC[C@H](NC(=O)c1ccc(C)c(S(=O)(=O)N2CCOCC2)c1)C(=O)O. The highest BCUT2D eigenvalue weighted by Crippen LogP contribution is 2.22. The number of amides is 1. The standard InChI is InChI=1S/C18H26N2O6S/c1-3-4-5-15(18(22)23)19-17(21)14-7-6-13(2)16(12-14)27(24,25)20-8-10-26-11-9-20/h6-7,12,15H,3-5,8-11H2,1-2H3,(H,19,21)(H,22,23)/t15-/m0/s1. The van der Waals surface area contributed by atoms with Crippen molar-refractivity contribution < 1.29 is 27.9 Å². The summed E-state index contributed by atoms with van der Waals surface area (Å²) in [5, 5.41) is 11.7. The lowest BCUT2D eigenvalue weighted by molar-refractivity contribution is -0.139. The Labute approximate surface area is 159 Å². The first-order valence-corrected chi connectivity index (χ1v) is 10.4. The van der Waals surface area contributed by atoms with Crippen LogP contribution in [0, 0.1) is 6.92 Å². The van der Waals surface area contributed by atoms with E-state index in [-0.39, 0.29) is 23.5 Å². The summed E-state index contributed by atoms with van der Waals surface area (Å²) in [5.41, 5.74) is 0.647. The average molecular weight is 398 g/mol. The molecule has 1 heterocycles. The van der Waals surface area contributed by atoms with E-state index in [2.05, 4.69) is 5.32 Å². The molecule has 0 spiro atoms. The van der Waals surface area contributed by atoms with E-state index in [0.29, 0.717) is 31.6 Å². The zero-order valence-corrected chi connectivity index (χ0v) is 16.4. The summed E-state index contributed by atoms with van der Waals surface area (Å²) >= 11 is 0. The lowest BCUT2D eigenvalue weighted by atomic mass is 10.1. The minimum atomic E-state index is -3.75. The molecule has 1 aromatic rings. The Balaban J connectivity index is 2.25. The van der Waals surface area contributed by atoms with Gasteiger partial charge in [0.25, 0.3) is 5.91 Å². The number of carboxylic acid groups (broad SMARTS) is 1. The van der Waals surface area contributed by atoms with Gasteiger partial charge in [-0.1, -0.05) is 25.8 Å². The van der Waals surface area contributed by atoms with Crippen molar-refractivity contribution in [3.63, 3.8) is 0 Å². The summed E-state index contributed by atoms with van der Waals surface area (Å²) in [4.78, 5) is 23.9. The number of unbranched alkanes of at least 4 members (excludes halogenated alkanes) is 1. The van der Waals surface area contributed by atoms with Gasteiger partial charge >= 0.3 is 5.97 Å². The smallest absolute Gasteiger partial charge is 0.326 e. The molecule has 8 nitrogen and oxygen atoms in total. The number of hydrogen-bond donors (Lipinski definition) is 2. The Morgan fingerprint density at radius 1 is 1.30 bits per heavy atom. The van der Waals surface area contributed by atoms with Crippen molar-refractivity contribution in [1.82, 2.24) is 9.62 Å². The minimum Gasteiger partial charge on any atom is -0.480 e. The lowest BCUT2D eigenvalue weighted by Gasteiger charge is -2.26. The first kappa shape index (κ1) is 21.3. The number of carbonyl (C=O) groups excluding carboxylic acids is 1. The van der Waals surface area contributed by atoms with Gasteiger partial charge in [0, 0.05) is 18.7 Å². The molecular weight excluding hydrogens is 372 g/mol. The topological polar surface area (TPSA) is 113 Å². The van der Waals surface area contributed by atoms with Gasteiger partial charge in [-0.05, 0) is 31.0 Å². The largest absolute Gasteiger partial charge is 0.480 e. The summed E-state index contributed by atoms with van der Waals surface area (Å²) in [6.45, 7) is 4.78. The van der Waals surface area contributed by atoms with Crippen LogP contribution in [-0.2, 0) is 19.6 Å². The molecule has 1 saturated heterocycles. The molecule has 1 atom stereocenters. The van der Waals surface area contributed by atoms with Crippen molar-refractivity contribution in [2.45, 2.75) is 44.0 Å². The van der Waals surface area contributed by atoms with Crippen LogP contribution < -0.4 is 5.32 Å². The van der Waals surface area contributed by atoms with E-state index in [1.807, 2.05) is 6.92 Å². The van der Waals surface area contributed by atoms with Gasteiger partial charge in [0.2, 0.25) is 10.0 Å². The highest BCUT2D eigenvalue weighted by atomic mass is 32.2. The second-order valence-corrected chi connectivity index (χ2v) is 8.41. The lowest BCUT2D eigenvalue weighted by Crippen LogP contribution is -2.41. The van der Waals surface area contributed by atoms with Gasteiger partial charge in [0.15, 0.2) is 0 Å². The van der Waals surface area contributed by atoms with E-state index >= 15 is 0 Å². The van der Waals surface area contributed by atoms with Crippen LogP contribution in [-0.4, -0.2) is 62.1 Å². The van der Waals surface area contributed by atoms with Gasteiger partial charge in [0.1, 0.15) is 6.04 Å². The van der Waals surface area contributed by atoms with Crippen LogP contribution in [0.25, 0.3) is 0 Å². The monoisotopic (exact) mass is 398 g/mol. The highest BCUT2D eigenvalue weighted by Gasteiger charge is 2.29. The maximum Gasteiger partial charge on any atom is 0.326 e. The zero-order chi connectivity index (χ0) is 20.0. The molecule has 0 unspecified atom stereocenters.